The third kappa shape index (κ3) is 2.33. The van der Waals surface area contributed by atoms with Crippen LogP contribution in [0.1, 0.15) is 16.8 Å². The maximum absolute atomic E-state index is 11.7. The summed E-state index contributed by atoms with van der Waals surface area (Å²) in [5.74, 6) is -0.995. The van der Waals surface area contributed by atoms with Gasteiger partial charge in [0.1, 0.15) is 11.3 Å². The Kier molecular flexibility index (Phi) is 3.56. The van der Waals surface area contributed by atoms with Gasteiger partial charge in [0.25, 0.3) is 5.91 Å². The maximum Gasteiger partial charge on any atom is 0.339 e. The molecule has 1 aliphatic rings. The van der Waals surface area contributed by atoms with Crippen molar-refractivity contribution in [1.82, 2.24) is 4.90 Å². The third-order valence-electron chi connectivity index (χ3n) is 2.84. The van der Waals surface area contributed by atoms with Crippen molar-refractivity contribution in [3.8, 4) is 5.75 Å². The molecule has 0 spiro atoms. The number of amides is 1. The minimum absolute atomic E-state index is 0.0479. The molecule has 1 fully saturated rings. The highest BCUT2D eigenvalue weighted by Gasteiger charge is 2.32. The van der Waals surface area contributed by atoms with Gasteiger partial charge in [-0.05, 0) is 28.1 Å². The van der Waals surface area contributed by atoms with E-state index >= 15 is 0 Å². The quantitative estimate of drug-likeness (QED) is 0.923. The molecular formula is C12H12BrNO4. The predicted octanol–water partition coefficient (Wildman–Crippen LogP) is 1.76. The number of likely N-dealkylation sites (N-methyl/N-ethyl adjacent to an activating group) is 1. The molecule has 0 saturated carbocycles. The molecule has 1 aromatic rings. The van der Waals surface area contributed by atoms with Crippen LogP contribution < -0.4 is 4.74 Å². The van der Waals surface area contributed by atoms with Crippen molar-refractivity contribution >= 4 is 27.8 Å². The summed E-state index contributed by atoms with van der Waals surface area (Å²) in [5, 5.41) is 9.09. The first kappa shape index (κ1) is 12.9. The molecule has 1 amide bonds. The molecule has 1 atom stereocenters. The van der Waals surface area contributed by atoms with E-state index in [0.29, 0.717) is 17.4 Å². The standard InChI is InChI=1S/C12H12BrNO4/c1-14-6-5-9(11(14)15)18-10-7(12(16)17)3-2-4-8(10)13/h2-4,9H,5-6H2,1H3,(H,16,17). The fourth-order valence-corrected chi connectivity index (χ4v) is 2.30. The van der Waals surface area contributed by atoms with Gasteiger partial charge in [0, 0.05) is 20.0 Å². The largest absolute Gasteiger partial charge is 0.478 e. The topological polar surface area (TPSA) is 66.8 Å². The zero-order valence-corrected chi connectivity index (χ0v) is 11.3. The second-order valence-electron chi connectivity index (χ2n) is 4.08. The van der Waals surface area contributed by atoms with Gasteiger partial charge in [0.05, 0.1) is 4.47 Å². The van der Waals surface area contributed by atoms with Crippen molar-refractivity contribution in [2.24, 2.45) is 0 Å². The van der Waals surface area contributed by atoms with Crippen LogP contribution in [0.2, 0.25) is 0 Å². The number of carbonyl (C=O) groups is 2. The molecule has 1 aromatic carbocycles. The first-order valence-electron chi connectivity index (χ1n) is 5.44. The summed E-state index contributed by atoms with van der Waals surface area (Å²) >= 11 is 3.24. The number of ether oxygens (including phenoxy) is 1. The molecule has 0 radical (unpaired) electrons. The van der Waals surface area contributed by atoms with Crippen LogP contribution in [0.5, 0.6) is 5.75 Å². The van der Waals surface area contributed by atoms with Crippen molar-refractivity contribution in [3.63, 3.8) is 0 Å². The van der Waals surface area contributed by atoms with Gasteiger partial charge in [-0.1, -0.05) is 6.07 Å². The Morgan fingerprint density at radius 3 is 2.83 bits per heavy atom. The van der Waals surface area contributed by atoms with E-state index in [-0.39, 0.29) is 17.2 Å². The lowest BCUT2D eigenvalue weighted by atomic mass is 10.2. The highest BCUT2D eigenvalue weighted by molar-refractivity contribution is 9.10. The van der Waals surface area contributed by atoms with Crippen molar-refractivity contribution in [1.29, 1.82) is 0 Å². The van der Waals surface area contributed by atoms with E-state index in [1.807, 2.05) is 0 Å². The molecule has 0 aliphatic carbocycles. The van der Waals surface area contributed by atoms with Crippen molar-refractivity contribution in [2.75, 3.05) is 13.6 Å². The highest BCUT2D eigenvalue weighted by atomic mass is 79.9. The van der Waals surface area contributed by atoms with E-state index in [0.717, 1.165) is 0 Å². The van der Waals surface area contributed by atoms with Gasteiger partial charge in [-0.3, -0.25) is 4.79 Å². The Morgan fingerprint density at radius 2 is 2.28 bits per heavy atom. The van der Waals surface area contributed by atoms with Crippen LogP contribution in [0.4, 0.5) is 0 Å². The van der Waals surface area contributed by atoms with Crippen molar-refractivity contribution < 1.29 is 19.4 Å². The number of likely N-dealkylation sites (tertiary alicyclic amines) is 1. The van der Waals surface area contributed by atoms with Gasteiger partial charge in [0.2, 0.25) is 0 Å². The molecule has 1 aliphatic heterocycles. The van der Waals surface area contributed by atoms with Crippen LogP contribution in [0.15, 0.2) is 22.7 Å². The smallest absolute Gasteiger partial charge is 0.339 e. The van der Waals surface area contributed by atoms with E-state index in [2.05, 4.69) is 15.9 Å². The number of carboxylic acids is 1. The fourth-order valence-electron chi connectivity index (χ4n) is 1.84. The Balaban J connectivity index is 2.29. The second kappa shape index (κ2) is 4.97. The Labute approximate surface area is 112 Å². The summed E-state index contributed by atoms with van der Waals surface area (Å²) in [6.45, 7) is 0.621. The molecule has 18 heavy (non-hydrogen) atoms. The van der Waals surface area contributed by atoms with Crippen LogP contribution >= 0.6 is 15.9 Å². The Morgan fingerprint density at radius 1 is 1.56 bits per heavy atom. The number of para-hydroxylation sites is 1. The molecule has 1 N–H and O–H groups in total. The molecule has 5 nitrogen and oxygen atoms in total. The molecule has 6 heteroatoms. The number of nitrogens with zero attached hydrogens (tertiary/aromatic N) is 1. The summed E-state index contributed by atoms with van der Waals surface area (Å²) in [5.41, 5.74) is 0.0479. The zero-order valence-electron chi connectivity index (χ0n) is 9.72. The van der Waals surface area contributed by atoms with E-state index in [1.54, 1.807) is 24.1 Å². The number of hydrogen-bond donors (Lipinski definition) is 1. The van der Waals surface area contributed by atoms with Gasteiger partial charge in [-0.15, -0.1) is 0 Å². The summed E-state index contributed by atoms with van der Waals surface area (Å²) in [6, 6.07) is 4.75. The minimum Gasteiger partial charge on any atom is -0.478 e. The molecule has 96 valence electrons. The minimum atomic E-state index is -1.08. The van der Waals surface area contributed by atoms with E-state index in [9.17, 15) is 9.59 Å². The summed E-state index contributed by atoms with van der Waals surface area (Å²) < 4.78 is 6.09. The highest BCUT2D eigenvalue weighted by Crippen LogP contribution is 2.31. The van der Waals surface area contributed by atoms with E-state index in [4.69, 9.17) is 9.84 Å². The monoisotopic (exact) mass is 313 g/mol. The number of benzene rings is 1. The number of aromatic carboxylic acids is 1. The van der Waals surface area contributed by atoms with E-state index < -0.39 is 12.1 Å². The van der Waals surface area contributed by atoms with Gasteiger partial charge >= 0.3 is 5.97 Å². The fraction of sp³-hybridized carbons (Fsp3) is 0.333. The zero-order chi connectivity index (χ0) is 13.3. The predicted molar refractivity (Wildman–Crippen MR) is 67.8 cm³/mol. The average molecular weight is 314 g/mol. The number of hydrogen-bond acceptors (Lipinski definition) is 3. The molecule has 2 rings (SSSR count). The van der Waals surface area contributed by atoms with Gasteiger partial charge in [-0.2, -0.15) is 0 Å². The molecule has 0 aromatic heterocycles. The van der Waals surface area contributed by atoms with Crippen molar-refractivity contribution in [2.45, 2.75) is 12.5 Å². The van der Waals surface area contributed by atoms with Gasteiger partial charge in [-0.25, -0.2) is 4.79 Å². The summed E-state index contributed by atoms with van der Waals surface area (Å²) in [4.78, 5) is 24.4. The number of rotatable bonds is 3. The van der Waals surface area contributed by atoms with Crippen LogP contribution in [0.25, 0.3) is 0 Å². The van der Waals surface area contributed by atoms with Crippen LogP contribution in [-0.4, -0.2) is 41.6 Å². The molecule has 1 heterocycles. The Bertz CT molecular complexity index is 503. The molecular weight excluding hydrogens is 302 g/mol. The van der Waals surface area contributed by atoms with Crippen LogP contribution in [0, 0.1) is 0 Å². The first-order valence-corrected chi connectivity index (χ1v) is 6.23. The lowest BCUT2D eigenvalue weighted by molar-refractivity contribution is -0.132. The molecule has 1 saturated heterocycles. The molecule has 1 unspecified atom stereocenters. The third-order valence-corrected chi connectivity index (χ3v) is 3.46. The second-order valence-corrected chi connectivity index (χ2v) is 4.93. The summed E-state index contributed by atoms with van der Waals surface area (Å²) in [7, 11) is 1.70. The maximum atomic E-state index is 11.7. The van der Waals surface area contributed by atoms with Gasteiger partial charge < -0.3 is 14.7 Å². The lowest BCUT2D eigenvalue weighted by Gasteiger charge is -2.15. The van der Waals surface area contributed by atoms with Crippen LogP contribution in [-0.2, 0) is 4.79 Å². The average Bonchev–Trinajstić information content (AvgIpc) is 2.63. The number of halogens is 1. The lowest BCUT2D eigenvalue weighted by Crippen LogP contribution is -2.30. The van der Waals surface area contributed by atoms with Gasteiger partial charge in [0.15, 0.2) is 6.10 Å². The van der Waals surface area contributed by atoms with Crippen molar-refractivity contribution in [3.05, 3.63) is 28.2 Å². The Hall–Kier alpha value is -1.56. The normalized spacial score (nSPS) is 19.1. The first-order chi connectivity index (χ1) is 8.50. The molecule has 0 bridgehead atoms. The summed E-state index contributed by atoms with van der Waals surface area (Å²) in [6.07, 6.45) is -0.0396. The van der Waals surface area contributed by atoms with Crippen LogP contribution in [0.3, 0.4) is 0 Å². The SMILES string of the molecule is CN1CCC(Oc2c(Br)cccc2C(=O)O)C1=O. The number of carboxylic acid groups (broad SMARTS) is 1. The van der Waals surface area contributed by atoms with E-state index in [1.165, 1.54) is 6.07 Å². The number of carbonyl (C=O) groups excluding carboxylic acids is 1.